The van der Waals surface area contributed by atoms with Crippen molar-refractivity contribution < 1.29 is 28.9 Å². The van der Waals surface area contributed by atoms with Gasteiger partial charge in [-0.3, -0.25) is 0 Å². The molecule has 0 spiro atoms. The zero-order chi connectivity index (χ0) is 20.5. The monoisotopic (exact) mass is 404 g/mol. The van der Waals surface area contributed by atoms with E-state index in [0.717, 1.165) is 5.56 Å². The first-order valence-electron chi connectivity index (χ1n) is 8.48. The number of ether oxygens (including phenoxy) is 3. The lowest BCUT2D eigenvalue weighted by atomic mass is 10.1. The topological polar surface area (TPSA) is 82.1 Å². The Kier molecular flexibility index (Phi) is 7.89. The molecular formula is C21H21ClO6. The van der Waals surface area contributed by atoms with Gasteiger partial charge in [0.2, 0.25) is 6.10 Å². The van der Waals surface area contributed by atoms with Crippen LogP contribution >= 0.6 is 11.6 Å². The molecule has 6 nitrogen and oxygen atoms in total. The van der Waals surface area contributed by atoms with Crippen LogP contribution in [-0.2, 0) is 27.2 Å². The first kappa shape index (κ1) is 21.3. The molecule has 28 heavy (non-hydrogen) atoms. The van der Waals surface area contributed by atoms with Crippen LogP contribution in [0.2, 0.25) is 5.02 Å². The summed E-state index contributed by atoms with van der Waals surface area (Å²) in [6, 6.07) is 12.2. The average Bonchev–Trinajstić information content (AvgIpc) is 2.68. The fourth-order valence-electron chi connectivity index (χ4n) is 2.49. The minimum absolute atomic E-state index is 0.00640. The third-order valence-corrected chi connectivity index (χ3v) is 4.18. The number of allylic oxidation sites excluding steroid dienone is 1. The summed E-state index contributed by atoms with van der Waals surface area (Å²) in [4.78, 5) is 23.5. The van der Waals surface area contributed by atoms with Crippen LogP contribution in [0.15, 0.2) is 54.6 Å². The van der Waals surface area contributed by atoms with Crippen molar-refractivity contribution in [1.82, 2.24) is 0 Å². The molecule has 0 aromatic heterocycles. The minimum atomic E-state index is -1.31. The van der Waals surface area contributed by atoms with Crippen LogP contribution in [0.5, 0.6) is 11.5 Å². The van der Waals surface area contributed by atoms with Gasteiger partial charge in [0.05, 0.1) is 14.2 Å². The smallest absolute Gasteiger partial charge is 0.345 e. The minimum Gasteiger partial charge on any atom is -0.493 e. The molecule has 0 aliphatic carbocycles. The van der Waals surface area contributed by atoms with Crippen molar-refractivity contribution >= 4 is 23.5 Å². The van der Waals surface area contributed by atoms with Gasteiger partial charge in [0, 0.05) is 17.5 Å². The lowest BCUT2D eigenvalue weighted by Crippen LogP contribution is -2.28. The van der Waals surface area contributed by atoms with Gasteiger partial charge in [0.15, 0.2) is 11.5 Å². The van der Waals surface area contributed by atoms with E-state index in [1.165, 1.54) is 20.3 Å². The van der Waals surface area contributed by atoms with Gasteiger partial charge >= 0.3 is 11.9 Å². The summed E-state index contributed by atoms with van der Waals surface area (Å²) in [5, 5.41) is 10.0. The van der Waals surface area contributed by atoms with Crippen LogP contribution < -0.4 is 9.47 Å². The molecule has 1 atom stereocenters. The quantitative estimate of drug-likeness (QED) is 0.507. The van der Waals surface area contributed by atoms with Crippen LogP contribution in [0.25, 0.3) is 0 Å². The Morgan fingerprint density at radius 1 is 1.04 bits per heavy atom. The number of hydrogen-bond donors (Lipinski definition) is 1. The molecule has 148 valence electrons. The Balaban J connectivity index is 1.98. The molecule has 0 aliphatic heterocycles. The van der Waals surface area contributed by atoms with Crippen molar-refractivity contribution in [2.75, 3.05) is 14.2 Å². The van der Waals surface area contributed by atoms with E-state index in [0.29, 0.717) is 28.5 Å². The maximum Gasteiger partial charge on any atom is 0.345 e. The molecule has 2 aromatic rings. The van der Waals surface area contributed by atoms with Crippen molar-refractivity contribution in [2.45, 2.75) is 18.9 Å². The molecular weight excluding hydrogens is 384 g/mol. The van der Waals surface area contributed by atoms with Crippen LogP contribution in [-0.4, -0.2) is 37.4 Å². The molecule has 2 rings (SSSR count). The zero-order valence-corrected chi connectivity index (χ0v) is 16.3. The van der Waals surface area contributed by atoms with E-state index in [9.17, 15) is 14.7 Å². The number of benzene rings is 2. The first-order chi connectivity index (χ1) is 13.4. The number of carbonyl (C=O) groups is 2. The summed E-state index contributed by atoms with van der Waals surface area (Å²) in [5.41, 5.74) is 1.61. The summed E-state index contributed by atoms with van der Waals surface area (Å²) in [6.07, 6.45) is 2.03. The average molecular weight is 405 g/mol. The molecule has 1 N–H and O–H groups in total. The number of hydrogen-bond acceptors (Lipinski definition) is 5. The molecule has 0 heterocycles. The van der Waals surface area contributed by atoms with Crippen molar-refractivity contribution in [3.8, 4) is 11.5 Å². The van der Waals surface area contributed by atoms with Gasteiger partial charge in [-0.1, -0.05) is 35.9 Å². The molecule has 1 unspecified atom stereocenters. The lowest BCUT2D eigenvalue weighted by molar-refractivity contribution is -0.160. The number of rotatable bonds is 9. The Morgan fingerprint density at radius 3 is 2.29 bits per heavy atom. The molecule has 0 radical (unpaired) electrons. The lowest BCUT2D eigenvalue weighted by Gasteiger charge is -2.14. The number of halogens is 1. The highest BCUT2D eigenvalue weighted by molar-refractivity contribution is 6.30. The molecule has 0 amide bonds. The largest absolute Gasteiger partial charge is 0.493 e. The van der Waals surface area contributed by atoms with Crippen LogP contribution in [0.3, 0.4) is 0 Å². The molecule has 7 heteroatoms. The second-order valence-electron chi connectivity index (χ2n) is 5.89. The Labute approximate surface area is 168 Å². The van der Waals surface area contributed by atoms with E-state index < -0.39 is 18.0 Å². The van der Waals surface area contributed by atoms with Crippen molar-refractivity contribution in [1.29, 1.82) is 0 Å². The fraction of sp³-hybridized carbons (Fsp3) is 0.238. The van der Waals surface area contributed by atoms with E-state index in [-0.39, 0.29) is 6.42 Å². The Hall–Kier alpha value is -2.99. The normalized spacial score (nSPS) is 11.8. The van der Waals surface area contributed by atoms with E-state index in [1.807, 2.05) is 12.1 Å². The van der Waals surface area contributed by atoms with Crippen LogP contribution in [0.1, 0.15) is 11.1 Å². The number of carboxylic acid groups (broad SMARTS) is 1. The zero-order valence-electron chi connectivity index (χ0n) is 15.6. The molecule has 0 bridgehead atoms. The maximum atomic E-state index is 12.0. The van der Waals surface area contributed by atoms with E-state index in [1.54, 1.807) is 36.4 Å². The van der Waals surface area contributed by atoms with Crippen molar-refractivity contribution in [3.05, 3.63) is 70.8 Å². The predicted molar refractivity (Wildman–Crippen MR) is 105 cm³/mol. The first-order valence-corrected chi connectivity index (χ1v) is 8.86. The number of aliphatic carboxylic acids is 1. The summed E-state index contributed by atoms with van der Waals surface area (Å²) >= 11 is 5.82. The third kappa shape index (κ3) is 6.32. The highest BCUT2D eigenvalue weighted by Crippen LogP contribution is 2.28. The fourth-order valence-corrected chi connectivity index (χ4v) is 2.62. The van der Waals surface area contributed by atoms with E-state index in [4.69, 9.17) is 25.8 Å². The molecule has 0 fully saturated rings. The molecule has 2 aromatic carbocycles. The second-order valence-corrected chi connectivity index (χ2v) is 6.33. The predicted octanol–water partition coefficient (Wildman–Crippen LogP) is 3.70. The van der Waals surface area contributed by atoms with Gasteiger partial charge in [-0.05, 0) is 41.8 Å². The van der Waals surface area contributed by atoms with Crippen LogP contribution in [0.4, 0.5) is 0 Å². The summed E-state index contributed by atoms with van der Waals surface area (Å²) in [6.45, 7) is 0. The van der Waals surface area contributed by atoms with Crippen molar-refractivity contribution in [2.24, 2.45) is 0 Å². The van der Waals surface area contributed by atoms with Gasteiger partial charge in [0.25, 0.3) is 0 Å². The van der Waals surface area contributed by atoms with E-state index >= 15 is 0 Å². The SMILES string of the molecule is COc1ccc(CC(OC(=O)/C=C/Cc2ccc(Cl)cc2)C(=O)O)cc1OC. The highest BCUT2D eigenvalue weighted by Gasteiger charge is 2.22. The number of methoxy groups -OCH3 is 2. The number of carbonyl (C=O) groups excluding carboxylic acids is 1. The number of carboxylic acids is 1. The molecule has 0 saturated carbocycles. The number of esters is 1. The summed E-state index contributed by atoms with van der Waals surface area (Å²) in [7, 11) is 3.00. The second kappa shape index (κ2) is 10.4. The van der Waals surface area contributed by atoms with Gasteiger partial charge in [-0.25, -0.2) is 9.59 Å². The van der Waals surface area contributed by atoms with E-state index in [2.05, 4.69) is 0 Å². The molecule has 0 saturated heterocycles. The summed E-state index contributed by atoms with van der Waals surface area (Å²) < 4.78 is 15.4. The summed E-state index contributed by atoms with van der Waals surface area (Å²) in [5.74, 6) is -0.949. The third-order valence-electron chi connectivity index (χ3n) is 3.92. The van der Waals surface area contributed by atoms with Gasteiger partial charge in [-0.15, -0.1) is 0 Å². The van der Waals surface area contributed by atoms with Gasteiger partial charge < -0.3 is 19.3 Å². The molecule has 0 aliphatic rings. The standard InChI is InChI=1S/C21H21ClO6/c1-26-17-11-8-15(12-18(17)27-2)13-19(21(24)25)28-20(23)5-3-4-14-6-9-16(22)10-7-14/h3,5-12,19H,4,13H2,1-2H3,(H,24,25)/b5-3+. The Bertz CT molecular complexity index is 844. The van der Waals surface area contributed by atoms with Crippen molar-refractivity contribution in [3.63, 3.8) is 0 Å². The Morgan fingerprint density at radius 2 is 1.68 bits per heavy atom. The van der Waals surface area contributed by atoms with Gasteiger partial charge in [0.1, 0.15) is 0 Å². The van der Waals surface area contributed by atoms with Crippen LogP contribution in [0, 0.1) is 0 Å². The highest BCUT2D eigenvalue weighted by atomic mass is 35.5. The maximum absolute atomic E-state index is 12.0. The van der Waals surface area contributed by atoms with Gasteiger partial charge in [-0.2, -0.15) is 0 Å².